The van der Waals surface area contributed by atoms with Crippen molar-refractivity contribution < 1.29 is 19.4 Å². The van der Waals surface area contributed by atoms with E-state index in [1.165, 1.54) is 0 Å². The van der Waals surface area contributed by atoms with Crippen LogP contribution in [0, 0.1) is 0 Å². The van der Waals surface area contributed by atoms with Gasteiger partial charge in [-0.1, -0.05) is 12.1 Å². The number of ether oxygens (including phenoxy) is 2. The average Bonchev–Trinajstić information content (AvgIpc) is 2.89. The monoisotopic (exact) mass is 286 g/mol. The third-order valence-corrected chi connectivity index (χ3v) is 2.43. The van der Waals surface area contributed by atoms with Crippen LogP contribution in [0.25, 0.3) is 0 Å². The summed E-state index contributed by atoms with van der Waals surface area (Å²) in [7, 11) is 0. The van der Waals surface area contributed by atoms with E-state index in [0.29, 0.717) is 51.6 Å². The highest BCUT2D eigenvalue weighted by Gasteiger charge is 2.00. The second-order valence-corrected chi connectivity index (χ2v) is 4.07. The van der Waals surface area contributed by atoms with E-state index in [1.807, 2.05) is 0 Å². The molecule has 0 aliphatic carbocycles. The van der Waals surface area contributed by atoms with E-state index in [0.717, 1.165) is 0 Å². The quantitative estimate of drug-likeness (QED) is 0.524. The van der Waals surface area contributed by atoms with Gasteiger partial charge in [-0.25, -0.2) is 4.68 Å². The van der Waals surface area contributed by atoms with Gasteiger partial charge in [0.1, 0.15) is 5.69 Å². The fraction of sp³-hybridized carbons (Fsp3) is 0.750. The van der Waals surface area contributed by atoms with E-state index in [-0.39, 0.29) is 12.5 Å². The molecule has 1 aromatic rings. The van der Waals surface area contributed by atoms with Crippen LogP contribution in [0.1, 0.15) is 19.0 Å². The molecule has 0 aromatic carbocycles. The molecule has 0 atom stereocenters. The summed E-state index contributed by atoms with van der Waals surface area (Å²) in [5.41, 5.74) is 0.716. The van der Waals surface area contributed by atoms with E-state index in [2.05, 4.69) is 15.6 Å². The van der Waals surface area contributed by atoms with E-state index >= 15 is 0 Å². The number of aliphatic hydroxyl groups is 1. The van der Waals surface area contributed by atoms with Gasteiger partial charge in [-0.2, -0.15) is 0 Å². The summed E-state index contributed by atoms with van der Waals surface area (Å²) in [5.74, 6) is 0.0239. The number of rotatable bonds is 11. The number of hydrogen-bond acceptors (Lipinski definition) is 6. The molecule has 2 N–H and O–H groups in total. The summed E-state index contributed by atoms with van der Waals surface area (Å²) in [6.07, 6.45) is 2.22. The largest absolute Gasteiger partial charge is 0.394 e. The molecule has 1 rings (SSSR count). The molecule has 8 nitrogen and oxygen atoms in total. The third kappa shape index (κ3) is 7.17. The van der Waals surface area contributed by atoms with Crippen LogP contribution in [0.2, 0.25) is 0 Å². The zero-order chi connectivity index (χ0) is 14.6. The summed E-state index contributed by atoms with van der Waals surface area (Å²) in [6.45, 7) is 4.54. The number of hydrogen-bond donors (Lipinski definition) is 2. The van der Waals surface area contributed by atoms with Gasteiger partial charge in [0.2, 0.25) is 5.91 Å². The lowest BCUT2D eigenvalue weighted by Crippen LogP contribution is -2.26. The number of carbonyl (C=O) groups is 1. The molecule has 0 aliphatic heterocycles. The third-order valence-electron chi connectivity index (χ3n) is 2.43. The van der Waals surface area contributed by atoms with Crippen LogP contribution in [0.4, 0.5) is 0 Å². The van der Waals surface area contributed by atoms with Crippen molar-refractivity contribution in [1.29, 1.82) is 0 Å². The van der Waals surface area contributed by atoms with Crippen molar-refractivity contribution in [2.45, 2.75) is 26.5 Å². The SMILES string of the molecule is CCC(=O)NCCOCCOCc1cn(CCO)nn1. The first-order valence-corrected chi connectivity index (χ1v) is 6.68. The molecule has 0 saturated heterocycles. The van der Waals surface area contributed by atoms with Crippen LogP contribution < -0.4 is 5.32 Å². The number of aromatic nitrogens is 3. The molecular weight excluding hydrogens is 264 g/mol. The number of nitrogens with one attached hydrogen (secondary N) is 1. The predicted molar refractivity (Wildman–Crippen MR) is 70.9 cm³/mol. The summed E-state index contributed by atoms with van der Waals surface area (Å²) in [6, 6.07) is 0. The molecule has 20 heavy (non-hydrogen) atoms. The molecule has 1 amide bonds. The number of amides is 1. The zero-order valence-electron chi connectivity index (χ0n) is 11.7. The van der Waals surface area contributed by atoms with Crippen LogP contribution in [-0.2, 0) is 27.4 Å². The highest BCUT2D eigenvalue weighted by atomic mass is 16.5. The Hall–Kier alpha value is -1.51. The summed E-state index contributed by atoms with van der Waals surface area (Å²) < 4.78 is 12.2. The maximum atomic E-state index is 10.9. The minimum Gasteiger partial charge on any atom is -0.394 e. The Morgan fingerprint density at radius 3 is 2.95 bits per heavy atom. The first-order chi connectivity index (χ1) is 9.76. The van der Waals surface area contributed by atoms with Crippen LogP contribution >= 0.6 is 0 Å². The molecule has 0 aliphatic rings. The lowest BCUT2D eigenvalue weighted by molar-refractivity contribution is -0.121. The van der Waals surface area contributed by atoms with E-state index in [4.69, 9.17) is 14.6 Å². The first-order valence-electron chi connectivity index (χ1n) is 6.68. The van der Waals surface area contributed by atoms with Crippen LogP contribution in [0.3, 0.4) is 0 Å². The number of carbonyl (C=O) groups excluding carboxylic acids is 1. The minimum atomic E-state index is 0.0239. The van der Waals surface area contributed by atoms with Crippen LogP contribution in [-0.4, -0.2) is 59.0 Å². The molecule has 8 heteroatoms. The van der Waals surface area contributed by atoms with Crippen molar-refractivity contribution in [2.75, 3.05) is 33.0 Å². The molecule has 0 bridgehead atoms. The van der Waals surface area contributed by atoms with Gasteiger partial charge in [0.25, 0.3) is 0 Å². The van der Waals surface area contributed by atoms with Crippen molar-refractivity contribution >= 4 is 5.91 Å². The Bertz CT molecular complexity index is 383. The standard InChI is InChI=1S/C12H22N4O4/c1-2-12(18)13-3-6-19-7-8-20-10-11-9-16(4-5-17)15-14-11/h9,17H,2-8,10H2,1H3,(H,13,18). The predicted octanol–water partition coefficient (Wildman–Crippen LogP) is -0.670. The normalized spacial score (nSPS) is 10.7. The fourth-order valence-electron chi connectivity index (χ4n) is 1.40. The molecule has 0 spiro atoms. The summed E-state index contributed by atoms with van der Waals surface area (Å²) >= 11 is 0. The molecule has 0 radical (unpaired) electrons. The molecule has 114 valence electrons. The highest BCUT2D eigenvalue weighted by molar-refractivity contribution is 5.75. The Labute approximate surface area is 118 Å². The van der Waals surface area contributed by atoms with Gasteiger partial charge in [0.05, 0.1) is 45.8 Å². The maximum Gasteiger partial charge on any atom is 0.219 e. The van der Waals surface area contributed by atoms with Gasteiger partial charge in [0, 0.05) is 13.0 Å². The van der Waals surface area contributed by atoms with E-state index < -0.39 is 0 Å². The van der Waals surface area contributed by atoms with Gasteiger partial charge in [-0.15, -0.1) is 5.10 Å². The Morgan fingerprint density at radius 2 is 2.20 bits per heavy atom. The average molecular weight is 286 g/mol. The second kappa shape index (κ2) is 10.3. The van der Waals surface area contributed by atoms with Crippen molar-refractivity contribution in [2.24, 2.45) is 0 Å². The zero-order valence-corrected chi connectivity index (χ0v) is 11.7. The molecule has 0 saturated carbocycles. The van der Waals surface area contributed by atoms with Crippen LogP contribution in [0.5, 0.6) is 0 Å². The van der Waals surface area contributed by atoms with Gasteiger partial charge < -0.3 is 19.9 Å². The van der Waals surface area contributed by atoms with Gasteiger partial charge in [0.15, 0.2) is 0 Å². The fourth-order valence-corrected chi connectivity index (χ4v) is 1.40. The van der Waals surface area contributed by atoms with E-state index in [9.17, 15) is 4.79 Å². The Balaban J connectivity index is 1.95. The van der Waals surface area contributed by atoms with Gasteiger partial charge in [-0.3, -0.25) is 4.79 Å². The Morgan fingerprint density at radius 1 is 1.40 bits per heavy atom. The number of aliphatic hydroxyl groups excluding tert-OH is 1. The molecular formula is C12H22N4O4. The van der Waals surface area contributed by atoms with Crippen molar-refractivity contribution in [1.82, 2.24) is 20.3 Å². The van der Waals surface area contributed by atoms with Crippen LogP contribution in [0.15, 0.2) is 6.20 Å². The summed E-state index contributed by atoms with van der Waals surface area (Å²) in [4.78, 5) is 10.9. The minimum absolute atomic E-state index is 0.0239. The van der Waals surface area contributed by atoms with Crippen molar-refractivity contribution in [3.05, 3.63) is 11.9 Å². The molecule has 0 unspecified atom stereocenters. The maximum absolute atomic E-state index is 10.9. The van der Waals surface area contributed by atoms with Crippen molar-refractivity contribution in [3.8, 4) is 0 Å². The van der Waals surface area contributed by atoms with Gasteiger partial charge >= 0.3 is 0 Å². The van der Waals surface area contributed by atoms with Crippen molar-refractivity contribution in [3.63, 3.8) is 0 Å². The smallest absolute Gasteiger partial charge is 0.219 e. The summed E-state index contributed by atoms with van der Waals surface area (Å²) in [5, 5.41) is 19.2. The molecule has 0 fully saturated rings. The molecule has 1 heterocycles. The topological polar surface area (TPSA) is 98.5 Å². The molecule has 1 aromatic heterocycles. The Kier molecular flexibility index (Phi) is 8.52. The van der Waals surface area contributed by atoms with E-state index in [1.54, 1.807) is 17.8 Å². The first kappa shape index (κ1) is 16.5. The number of nitrogens with zero attached hydrogens (tertiary/aromatic N) is 3. The lowest BCUT2D eigenvalue weighted by atomic mass is 10.4. The second-order valence-electron chi connectivity index (χ2n) is 4.07. The lowest BCUT2D eigenvalue weighted by Gasteiger charge is -2.05. The highest BCUT2D eigenvalue weighted by Crippen LogP contribution is 1.95. The van der Waals surface area contributed by atoms with Gasteiger partial charge in [-0.05, 0) is 0 Å².